The van der Waals surface area contributed by atoms with Crippen LogP contribution in [0.15, 0.2) is 62.3 Å². The van der Waals surface area contributed by atoms with E-state index in [0.717, 1.165) is 31.5 Å². The number of nitrogens with one attached hydrogen (secondary N) is 2. The van der Waals surface area contributed by atoms with Gasteiger partial charge in [-0.1, -0.05) is 31.9 Å². The summed E-state index contributed by atoms with van der Waals surface area (Å²) in [5, 5.41) is 15.0. The highest BCUT2D eigenvalue weighted by atomic mass is 79.9. The van der Waals surface area contributed by atoms with Gasteiger partial charge in [0, 0.05) is 38.8 Å². The first-order chi connectivity index (χ1) is 14.4. The van der Waals surface area contributed by atoms with Gasteiger partial charge in [-0.2, -0.15) is 0 Å². The van der Waals surface area contributed by atoms with Crippen molar-refractivity contribution in [1.29, 1.82) is 0 Å². The van der Waals surface area contributed by atoms with Crippen LogP contribution in [-0.2, 0) is 11.3 Å². The molecule has 0 spiro atoms. The molecule has 0 aliphatic carbocycles. The number of amides is 1. The topological polar surface area (TPSA) is 96.4 Å². The Hall–Kier alpha value is -2.78. The summed E-state index contributed by atoms with van der Waals surface area (Å²) in [5.74, 6) is 0.879. The second-order valence-corrected chi connectivity index (χ2v) is 8.53. The number of ether oxygens (including phenoxy) is 1. The summed E-state index contributed by atoms with van der Waals surface area (Å²) in [5.41, 5.74) is 3.27. The van der Waals surface area contributed by atoms with Crippen LogP contribution in [0.3, 0.4) is 0 Å². The minimum absolute atomic E-state index is 0.0780. The Morgan fingerprint density at radius 1 is 1.00 bits per heavy atom. The quantitative estimate of drug-likeness (QED) is 0.444. The van der Waals surface area contributed by atoms with E-state index in [0.29, 0.717) is 25.3 Å². The van der Waals surface area contributed by atoms with Gasteiger partial charge >= 0.3 is 0 Å². The Morgan fingerprint density at radius 3 is 2.43 bits per heavy atom. The minimum atomic E-state index is -0.109. The number of fused-ring (bicyclic) bond motifs is 3. The maximum atomic E-state index is 11.3. The van der Waals surface area contributed by atoms with Gasteiger partial charge in [-0.25, -0.2) is 0 Å². The fourth-order valence-corrected chi connectivity index (χ4v) is 3.98. The molecule has 0 fully saturated rings. The van der Waals surface area contributed by atoms with Gasteiger partial charge in [-0.05, 0) is 42.0 Å². The summed E-state index contributed by atoms with van der Waals surface area (Å²) in [6.45, 7) is 1.69. The molecule has 0 unspecified atom stereocenters. The van der Waals surface area contributed by atoms with Gasteiger partial charge in [0.05, 0.1) is 12.2 Å². The second kappa shape index (κ2) is 8.53. The average molecular weight is 535 g/mol. The number of carbonyl (C=O) groups excluding carboxylic acids is 1. The molecule has 2 aliphatic rings. The van der Waals surface area contributed by atoms with Gasteiger partial charge in [0.2, 0.25) is 5.91 Å². The number of nitrogens with zero attached hydrogens (tertiary/aromatic N) is 1. The molecule has 0 atom stereocenters. The Kier molecular flexibility index (Phi) is 5.83. The molecule has 3 aromatic rings. The molecule has 5 rings (SSSR count). The standard InChI is InChI=1S/C11H9BrN2O2.C10H8BrNO2/c12-7-1-2-8-9-6-11(15)13-14(9)3-4-16-10(8)5-7;11-7-1-2-8(9(13)4-7)6-3-10(14)12-5-6/h1-2,5-6H,3-4H2,(H,13,15);1-4,13H,5H2,(H,12,14). The number of rotatable bonds is 1. The van der Waals surface area contributed by atoms with Crippen molar-refractivity contribution in [3.05, 3.63) is 73.4 Å². The van der Waals surface area contributed by atoms with Crippen molar-refractivity contribution in [3.8, 4) is 22.8 Å². The van der Waals surface area contributed by atoms with Crippen LogP contribution in [0.4, 0.5) is 0 Å². The number of halogens is 2. The SMILES string of the molecule is O=C1C=C(c2ccc(Br)cc2O)CN1.O=c1cc2n([nH]1)CCOc1cc(Br)ccc1-2. The van der Waals surface area contributed by atoms with Crippen LogP contribution in [0.25, 0.3) is 16.8 Å². The summed E-state index contributed by atoms with van der Waals surface area (Å²) in [6.07, 6.45) is 1.50. The minimum Gasteiger partial charge on any atom is -0.507 e. The van der Waals surface area contributed by atoms with Gasteiger partial charge in [-0.15, -0.1) is 0 Å². The van der Waals surface area contributed by atoms with E-state index >= 15 is 0 Å². The zero-order valence-electron chi connectivity index (χ0n) is 15.6. The van der Waals surface area contributed by atoms with Crippen molar-refractivity contribution >= 4 is 43.3 Å². The molecule has 0 saturated heterocycles. The first-order valence-corrected chi connectivity index (χ1v) is 10.7. The van der Waals surface area contributed by atoms with E-state index in [-0.39, 0.29) is 17.2 Å². The van der Waals surface area contributed by atoms with E-state index < -0.39 is 0 Å². The molecule has 1 aromatic heterocycles. The predicted octanol–water partition coefficient (Wildman–Crippen LogP) is 3.67. The van der Waals surface area contributed by atoms with Crippen LogP contribution in [0.2, 0.25) is 0 Å². The third-order valence-electron chi connectivity index (χ3n) is 4.66. The molecule has 3 heterocycles. The van der Waals surface area contributed by atoms with E-state index in [1.807, 2.05) is 28.9 Å². The Labute approximate surface area is 188 Å². The number of H-pyrrole nitrogens is 1. The molecule has 0 saturated carbocycles. The molecule has 154 valence electrons. The molecule has 2 aliphatic heterocycles. The molecule has 7 nitrogen and oxygen atoms in total. The van der Waals surface area contributed by atoms with Crippen LogP contribution in [0, 0.1) is 0 Å². The lowest BCUT2D eigenvalue weighted by Crippen LogP contribution is -2.14. The normalized spacial score (nSPS) is 14.3. The number of benzene rings is 2. The zero-order chi connectivity index (χ0) is 21.3. The number of aromatic nitrogens is 2. The van der Waals surface area contributed by atoms with E-state index in [2.05, 4.69) is 42.3 Å². The first kappa shape index (κ1) is 20.5. The van der Waals surface area contributed by atoms with Gasteiger partial charge in [0.1, 0.15) is 18.1 Å². The lowest BCUT2D eigenvalue weighted by atomic mass is 10.1. The number of aromatic amines is 1. The lowest BCUT2D eigenvalue weighted by Gasteiger charge is -2.06. The maximum Gasteiger partial charge on any atom is 0.264 e. The van der Waals surface area contributed by atoms with Gasteiger partial charge in [0.25, 0.3) is 5.56 Å². The van der Waals surface area contributed by atoms with Crippen molar-refractivity contribution in [2.75, 3.05) is 13.2 Å². The summed E-state index contributed by atoms with van der Waals surface area (Å²) < 4.78 is 9.24. The molecule has 30 heavy (non-hydrogen) atoms. The summed E-state index contributed by atoms with van der Waals surface area (Å²) in [7, 11) is 0. The van der Waals surface area contributed by atoms with Crippen molar-refractivity contribution < 1.29 is 14.6 Å². The number of phenols is 1. The number of phenolic OH excluding ortho intramolecular Hbond substituents is 1. The average Bonchev–Trinajstić information content (AvgIpc) is 3.24. The van der Waals surface area contributed by atoms with Crippen molar-refractivity contribution in [2.24, 2.45) is 0 Å². The fraction of sp³-hybridized carbons (Fsp3) is 0.143. The second-order valence-electron chi connectivity index (χ2n) is 6.70. The van der Waals surface area contributed by atoms with E-state index in [1.165, 1.54) is 6.08 Å². The molecule has 0 bridgehead atoms. The first-order valence-electron chi connectivity index (χ1n) is 9.10. The van der Waals surface area contributed by atoms with Gasteiger partial charge in [-0.3, -0.25) is 19.4 Å². The predicted molar refractivity (Wildman–Crippen MR) is 120 cm³/mol. The largest absolute Gasteiger partial charge is 0.507 e. The zero-order valence-corrected chi connectivity index (χ0v) is 18.8. The molecule has 1 amide bonds. The summed E-state index contributed by atoms with van der Waals surface area (Å²) in [4.78, 5) is 22.2. The highest BCUT2D eigenvalue weighted by Crippen LogP contribution is 2.33. The maximum absolute atomic E-state index is 11.3. The third kappa shape index (κ3) is 4.36. The molecular weight excluding hydrogens is 518 g/mol. The third-order valence-corrected chi connectivity index (χ3v) is 5.65. The van der Waals surface area contributed by atoms with E-state index in [9.17, 15) is 14.7 Å². The van der Waals surface area contributed by atoms with Crippen molar-refractivity contribution in [2.45, 2.75) is 6.54 Å². The van der Waals surface area contributed by atoms with E-state index in [4.69, 9.17) is 4.74 Å². The fourth-order valence-electron chi connectivity index (χ4n) is 3.29. The number of hydrogen-bond acceptors (Lipinski definition) is 4. The molecule has 3 N–H and O–H groups in total. The number of carbonyl (C=O) groups is 1. The monoisotopic (exact) mass is 533 g/mol. The Bertz CT molecular complexity index is 1210. The summed E-state index contributed by atoms with van der Waals surface area (Å²) >= 11 is 6.66. The van der Waals surface area contributed by atoms with Crippen LogP contribution >= 0.6 is 31.9 Å². The number of hydrogen-bond donors (Lipinski definition) is 3. The molecule has 2 aromatic carbocycles. The summed E-state index contributed by atoms with van der Waals surface area (Å²) in [6, 6.07) is 12.6. The molecule has 0 radical (unpaired) electrons. The van der Waals surface area contributed by atoms with Crippen LogP contribution in [-0.4, -0.2) is 33.9 Å². The van der Waals surface area contributed by atoms with Crippen LogP contribution < -0.4 is 15.6 Å². The highest BCUT2D eigenvalue weighted by molar-refractivity contribution is 9.10. The van der Waals surface area contributed by atoms with Crippen molar-refractivity contribution in [3.63, 3.8) is 0 Å². The van der Waals surface area contributed by atoms with Crippen molar-refractivity contribution in [1.82, 2.24) is 15.1 Å². The van der Waals surface area contributed by atoms with Gasteiger partial charge in [0.15, 0.2) is 0 Å². The van der Waals surface area contributed by atoms with Crippen LogP contribution in [0.1, 0.15) is 5.56 Å². The number of aromatic hydroxyl groups is 1. The molecule has 9 heteroatoms. The van der Waals surface area contributed by atoms with Crippen LogP contribution in [0.5, 0.6) is 11.5 Å². The van der Waals surface area contributed by atoms with E-state index in [1.54, 1.807) is 18.2 Å². The Morgan fingerprint density at radius 2 is 1.73 bits per heavy atom. The lowest BCUT2D eigenvalue weighted by molar-refractivity contribution is -0.115. The van der Waals surface area contributed by atoms with Gasteiger partial charge < -0.3 is 15.2 Å². The smallest absolute Gasteiger partial charge is 0.264 e. The highest BCUT2D eigenvalue weighted by Gasteiger charge is 2.17. The molecular formula is C21H17Br2N3O4. The Balaban J connectivity index is 0.000000147.